The van der Waals surface area contributed by atoms with E-state index in [0.717, 1.165) is 12.8 Å². The number of fused-ring (bicyclic) bond motifs is 1. The fourth-order valence-corrected chi connectivity index (χ4v) is 3.60. The third-order valence-corrected chi connectivity index (χ3v) is 5.17. The van der Waals surface area contributed by atoms with Crippen molar-refractivity contribution in [3.05, 3.63) is 12.7 Å². The fourth-order valence-electron chi connectivity index (χ4n) is 3.60. The standard InChI is InChI=1S/C19H31N5O4/c1-3-4-5-6-7-8-9-27-16-15(26)13(10-25)28-19(16)24-12-23-14-17(20-2)21-11-22-18(14)24/h11-13,15-16,19,25-26H,3-10H2,1-2H3,(H,20,21,22)/t13-,15?,16?,19-/m1/s1. The molecule has 28 heavy (non-hydrogen) atoms. The van der Waals surface area contributed by atoms with E-state index in [1.165, 1.54) is 32.0 Å². The summed E-state index contributed by atoms with van der Waals surface area (Å²) in [5.41, 5.74) is 1.20. The number of hydrogen-bond acceptors (Lipinski definition) is 8. The first kappa shape index (κ1) is 20.9. The summed E-state index contributed by atoms with van der Waals surface area (Å²) < 4.78 is 13.6. The molecule has 1 aliphatic heterocycles. The van der Waals surface area contributed by atoms with Gasteiger partial charge in [-0.2, -0.15) is 0 Å². The molecule has 156 valence electrons. The number of rotatable bonds is 11. The Balaban J connectivity index is 1.69. The second-order valence-electron chi connectivity index (χ2n) is 7.14. The van der Waals surface area contributed by atoms with Crippen molar-refractivity contribution < 1.29 is 19.7 Å². The molecule has 0 bridgehead atoms. The number of imidazole rings is 1. The first-order valence-corrected chi connectivity index (χ1v) is 10.1. The number of unbranched alkanes of at least 4 members (excludes halogenated alkanes) is 5. The van der Waals surface area contributed by atoms with Crippen LogP contribution in [0.15, 0.2) is 12.7 Å². The molecule has 1 saturated heterocycles. The third-order valence-electron chi connectivity index (χ3n) is 5.17. The van der Waals surface area contributed by atoms with Crippen LogP contribution in [0.5, 0.6) is 0 Å². The predicted molar refractivity (Wildman–Crippen MR) is 105 cm³/mol. The van der Waals surface area contributed by atoms with Crippen molar-refractivity contribution in [2.75, 3.05) is 25.6 Å². The Morgan fingerprint density at radius 3 is 2.71 bits per heavy atom. The molecule has 1 fully saturated rings. The van der Waals surface area contributed by atoms with E-state index in [1.807, 2.05) is 0 Å². The van der Waals surface area contributed by atoms with Gasteiger partial charge >= 0.3 is 0 Å². The Labute approximate surface area is 165 Å². The molecule has 3 rings (SSSR count). The van der Waals surface area contributed by atoms with Crippen LogP contribution < -0.4 is 5.32 Å². The second-order valence-corrected chi connectivity index (χ2v) is 7.14. The molecule has 3 N–H and O–H groups in total. The molecule has 2 aromatic heterocycles. The van der Waals surface area contributed by atoms with E-state index in [1.54, 1.807) is 17.9 Å². The first-order valence-electron chi connectivity index (χ1n) is 10.1. The highest BCUT2D eigenvalue weighted by Crippen LogP contribution is 2.34. The van der Waals surface area contributed by atoms with Gasteiger partial charge in [0, 0.05) is 13.7 Å². The van der Waals surface area contributed by atoms with Gasteiger partial charge in [0.2, 0.25) is 0 Å². The Hall–Kier alpha value is -1.81. The minimum atomic E-state index is -0.918. The smallest absolute Gasteiger partial charge is 0.167 e. The molecule has 2 aromatic rings. The Morgan fingerprint density at radius 2 is 1.96 bits per heavy atom. The summed E-state index contributed by atoms with van der Waals surface area (Å²) in [6, 6.07) is 0. The quantitative estimate of drug-likeness (QED) is 0.496. The van der Waals surface area contributed by atoms with Crippen molar-refractivity contribution in [3.8, 4) is 0 Å². The maximum atomic E-state index is 10.6. The summed E-state index contributed by atoms with van der Waals surface area (Å²) in [5, 5.41) is 23.1. The highest BCUT2D eigenvalue weighted by atomic mass is 16.6. The number of hydrogen-bond donors (Lipinski definition) is 3. The van der Waals surface area contributed by atoms with E-state index in [4.69, 9.17) is 9.47 Å². The van der Waals surface area contributed by atoms with Crippen LogP contribution in [-0.4, -0.2) is 68.3 Å². The van der Waals surface area contributed by atoms with Gasteiger partial charge in [0.15, 0.2) is 17.7 Å². The lowest BCUT2D eigenvalue weighted by atomic mass is 10.1. The third kappa shape index (κ3) is 4.43. The normalized spacial score (nSPS) is 24.9. The van der Waals surface area contributed by atoms with Crippen LogP contribution in [-0.2, 0) is 9.47 Å². The number of aliphatic hydroxyl groups is 2. The molecule has 0 radical (unpaired) electrons. The molecule has 0 aromatic carbocycles. The van der Waals surface area contributed by atoms with Crippen LogP contribution in [0.1, 0.15) is 51.7 Å². The van der Waals surface area contributed by atoms with E-state index in [-0.39, 0.29) is 6.61 Å². The van der Waals surface area contributed by atoms with E-state index < -0.39 is 24.5 Å². The topological polar surface area (TPSA) is 115 Å². The maximum absolute atomic E-state index is 10.6. The molecular weight excluding hydrogens is 362 g/mol. The van der Waals surface area contributed by atoms with E-state index >= 15 is 0 Å². The molecule has 1 aliphatic rings. The molecular formula is C19H31N5O4. The summed E-state index contributed by atoms with van der Waals surface area (Å²) in [5.74, 6) is 0.616. The number of ether oxygens (including phenoxy) is 2. The Morgan fingerprint density at radius 1 is 1.18 bits per heavy atom. The van der Waals surface area contributed by atoms with Gasteiger partial charge in [-0.25, -0.2) is 15.0 Å². The van der Waals surface area contributed by atoms with Crippen LogP contribution >= 0.6 is 0 Å². The van der Waals surface area contributed by atoms with E-state index in [9.17, 15) is 10.2 Å². The van der Waals surface area contributed by atoms with Crippen molar-refractivity contribution in [2.24, 2.45) is 0 Å². The minimum Gasteiger partial charge on any atom is -0.394 e. The van der Waals surface area contributed by atoms with E-state index in [2.05, 4.69) is 27.2 Å². The lowest BCUT2D eigenvalue weighted by Crippen LogP contribution is -2.35. The number of aliphatic hydroxyl groups excluding tert-OH is 2. The average molecular weight is 393 g/mol. The number of nitrogens with zero attached hydrogens (tertiary/aromatic N) is 4. The summed E-state index contributed by atoms with van der Waals surface area (Å²) in [4.78, 5) is 12.9. The van der Waals surface area contributed by atoms with Crippen molar-refractivity contribution in [1.29, 1.82) is 0 Å². The first-order chi connectivity index (χ1) is 13.7. The molecule has 3 heterocycles. The zero-order valence-electron chi connectivity index (χ0n) is 16.6. The van der Waals surface area contributed by atoms with Crippen molar-refractivity contribution in [2.45, 2.75) is 70.0 Å². The van der Waals surface area contributed by atoms with E-state index in [0.29, 0.717) is 23.6 Å². The minimum absolute atomic E-state index is 0.280. The molecule has 0 amide bonds. The van der Waals surface area contributed by atoms with Gasteiger partial charge in [0.1, 0.15) is 30.2 Å². The van der Waals surface area contributed by atoms with Crippen LogP contribution in [0.2, 0.25) is 0 Å². The largest absolute Gasteiger partial charge is 0.394 e. The Kier molecular flexibility index (Phi) is 7.55. The molecule has 0 spiro atoms. The van der Waals surface area contributed by atoms with Gasteiger partial charge < -0.3 is 25.0 Å². The van der Waals surface area contributed by atoms with Crippen molar-refractivity contribution in [1.82, 2.24) is 19.5 Å². The predicted octanol–water partition coefficient (Wildman–Crippen LogP) is 1.86. The zero-order valence-corrected chi connectivity index (χ0v) is 16.6. The summed E-state index contributed by atoms with van der Waals surface area (Å²) >= 11 is 0. The van der Waals surface area contributed by atoms with Crippen LogP contribution in [0.25, 0.3) is 11.2 Å². The molecule has 4 atom stereocenters. The highest BCUT2D eigenvalue weighted by molar-refractivity contribution is 5.82. The number of anilines is 1. The molecule has 0 aliphatic carbocycles. The van der Waals surface area contributed by atoms with Crippen LogP contribution in [0, 0.1) is 0 Å². The van der Waals surface area contributed by atoms with Gasteiger partial charge in [0.05, 0.1) is 12.9 Å². The highest BCUT2D eigenvalue weighted by Gasteiger charge is 2.45. The fraction of sp³-hybridized carbons (Fsp3) is 0.737. The molecule has 0 saturated carbocycles. The average Bonchev–Trinajstić information content (AvgIpc) is 3.28. The van der Waals surface area contributed by atoms with Gasteiger partial charge in [-0.3, -0.25) is 4.57 Å². The SMILES string of the molecule is CCCCCCCCOC1C(O)[C@@H](CO)O[C@H]1n1cnc2c(NC)ncnc21. The lowest BCUT2D eigenvalue weighted by Gasteiger charge is -2.22. The monoisotopic (exact) mass is 393 g/mol. The summed E-state index contributed by atoms with van der Waals surface area (Å²) in [6.07, 6.45) is 7.19. The zero-order chi connectivity index (χ0) is 19.9. The molecule has 9 nitrogen and oxygen atoms in total. The second kappa shape index (κ2) is 10.1. The van der Waals surface area contributed by atoms with Crippen LogP contribution in [0.3, 0.4) is 0 Å². The number of nitrogens with one attached hydrogen (secondary N) is 1. The summed E-state index contributed by atoms with van der Waals surface area (Å²) in [7, 11) is 1.77. The molecule has 9 heteroatoms. The van der Waals surface area contributed by atoms with Crippen molar-refractivity contribution in [3.63, 3.8) is 0 Å². The van der Waals surface area contributed by atoms with Gasteiger partial charge in [-0.1, -0.05) is 39.0 Å². The van der Waals surface area contributed by atoms with Crippen LogP contribution in [0.4, 0.5) is 5.82 Å². The van der Waals surface area contributed by atoms with Gasteiger partial charge in [-0.15, -0.1) is 0 Å². The maximum Gasteiger partial charge on any atom is 0.167 e. The van der Waals surface area contributed by atoms with Crippen molar-refractivity contribution >= 4 is 17.0 Å². The van der Waals surface area contributed by atoms with Gasteiger partial charge in [0.25, 0.3) is 0 Å². The number of aromatic nitrogens is 4. The molecule has 2 unspecified atom stereocenters. The van der Waals surface area contributed by atoms with Gasteiger partial charge in [-0.05, 0) is 6.42 Å². The summed E-state index contributed by atoms with van der Waals surface area (Å²) in [6.45, 7) is 2.46. The Bertz CT molecular complexity index is 740. The lowest BCUT2D eigenvalue weighted by molar-refractivity contribution is -0.0711.